The Labute approximate surface area is 127 Å². The van der Waals surface area contributed by atoms with Gasteiger partial charge in [0.2, 0.25) is 0 Å². The van der Waals surface area contributed by atoms with Crippen molar-refractivity contribution in [2.45, 2.75) is 26.3 Å². The Hall–Kier alpha value is -1.14. The third kappa shape index (κ3) is 2.42. The topological polar surface area (TPSA) is 36.7 Å². The van der Waals surface area contributed by atoms with E-state index in [0.29, 0.717) is 6.04 Å². The lowest BCUT2D eigenvalue weighted by atomic mass is 10.2. The van der Waals surface area contributed by atoms with Crippen LogP contribution in [0.15, 0.2) is 23.2 Å². The summed E-state index contributed by atoms with van der Waals surface area (Å²) >= 11 is 3.49. The van der Waals surface area contributed by atoms with Gasteiger partial charge < -0.3 is 9.30 Å². The van der Waals surface area contributed by atoms with Crippen LogP contribution in [0.4, 0.5) is 5.82 Å². The standard InChI is InChI=1S/C14H20BrN5/c1-3-18(4-2)11-5-7-19(9-11)14-13-16-6-8-20(13)10-12(15)17-14/h6,8,10-11H,3-5,7,9H2,1-2H3. The van der Waals surface area contributed by atoms with Gasteiger partial charge in [-0.2, -0.15) is 0 Å². The maximum atomic E-state index is 4.64. The smallest absolute Gasteiger partial charge is 0.180 e. The first-order valence-corrected chi connectivity index (χ1v) is 8.00. The zero-order valence-corrected chi connectivity index (χ0v) is 13.5. The van der Waals surface area contributed by atoms with E-state index in [1.165, 1.54) is 6.42 Å². The molecule has 1 saturated heterocycles. The lowest BCUT2D eigenvalue weighted by molar-refractivity contribution is 0.232. The Bertz CT molecular complexity index is 592. The number of nitrogens with zero attached hydrogens (tertiary/aromatic N) is 5. The summed E-state index contributed by atoms with van der Waals surface area (Å²) in [5.41, 5.74) is 0.938. The Kier molecular flexibility index (Phi) is 3.94. The average Bonchev–Trinajstić information content (AvgIpc) is 3.08. The molecule has 1 aliphatic rings. The highest BCUT2D eigenvalue weighted by Gasteiger charge is 2.28. The number of anilines is 1. The molecule has 0 saturated carbocycles. The number of likely N-dealkylation sites (N-methyl/N-ethyl adjacent to an activating group) is 1. The fourth-order valence-electron chi connectivity index (χ4n) is 3.07. The monoisotopic (exact) mass is 337 g/mol. The number of rotatable bonds is 4. The highest BCUT2D eigenvalue weighted by molar-refractivity contribution is 9.10. The van der Waals surface area contributed by atoms with Gasteiger partial charge in [0.15, 0.2) is 11.5 Å². The Morgan fingerprint density at radius 2 is 2.20 bits per heavy atom. The van der Waals surface area contributed by atoms with Crippen molar-refractivity contribution in [3.8, 4) is 0 Å². The predicted molar refractivity (Wildman–Crippen MR) is 84.2 cm³/mol. The molecule has 0 bridgehead atoms. The molecule has 1 unspecified atom stereocenters. The predicted octanol–water partition coefficient (Wildman–Crippen LogP) is 2.41. The van der Waals surface area contributed by atoms with Crippen LogP contribution >= 0.6 is 15.9 Å². The Balaban J connectivity index is 1.87. The van der Waals surface area contributed by atoms with E-state index in [9.17, 15) is 0 Å². The van der Waals surface area contributed by atoms with Gasteiger partial charge >= 0.3 is 0 Å². The lowest BCUT2D eigenvalue weighted by Gasteiger charge is -2.26. The molecule has 1 atom stereocenters. The zero-order chi connectivity index (χ0) is 14.1. The van der Waals surface area contributed by atoms with Gasteiger partial charge in [-0.1, -0.05) is 13.8 Å². The minimum Gasteiger partial charge on any atom is -0.352 e. The van der Waals surface area contributed by atoms with Crippen molar-refractivity contribution in [2.75, 3.05) is 31.1 Å². The molecule has 20 heavy (non-hydrogen) atoms. The minimum atomic E-state index is 0.626. The third-order valence-corrected chi connectivity index (χ3v) is 4.50. The maximum Gasteiger partial charge on any atom is 0.180 e. The largest absolute Gasteiger partial charge is 0.352 e. The SMILES string of the molecule is CCN(CC)C1CCN(c2nc(Br)cn3ccnc23)C1. The first kappa shape index (κ1) is 13.8. The summed E-state index contributed by atoms with van der Waals surface area (Å²) < 4.78 is 2.88. The molecule has 2 aromatic heterocycles. The second-order valence-electron chi connectivity index (χ2n) is 5.16. The van der Waals surface area contributed by atoms with Crippen molar-refractivity contribution in [3.05, 3.63) is 23.2 Å². The summed E-state index contributed by atoms with van der Waals surface area (Å²) in [6.07, 6.45) is 6.93. The van der Waals surface area contributed by atoms with Gasteiger partial charge in [-0.15, -0.1) is 0 Å². The van der Waals surface area contributed by atoms with Crippen LogP contribution in [0.3, 0.4) is 0 Å². The fraction of sp³-hybridized carbons (Fsp3) is 0.571. The maximum absolute atomic E-state index is 4.64. The van der Waals surface area contributed by atoms with E-state index in [-0.39, 0.29) is 0 Å². The van der Waals surface area contributed by atoms with Crippen molar-refractivity contribution in [2.24, 2.45) is 0 Å². The number of halogens is 1. The molecule has 3 heterocycles. The Morgan fingerprint density at radius 1 is 1.40 bits per heavy atom. The third-order valence-electron chi connectivity index (χ3n) is 4.12. The van der Waals surface area contributed by atoms with Crippen LogP contribution in [0.1, 0.15) is 20.3 Å². The first-order valence-electron chi connectivity index (χ1n) is 7.21. The van der Waals surface area contributed by atoms with Gasteiger partial charge in [-0.25, -0.2) is 9.97 Å². The number of aromatic nitrogens is 3. The second kappa shape index (κ2) is 5.69. The zero-order valence-electron chi connectivity index (χ0n) is 12.0. The van der Waals surface area contributed by atoms with Crippen LogP contribution in [-0.2, 0) is 0 Å². The van der Waals surface area contributed by atoms with Crippen LogP contribution in [-0.4, -0.2) is 51.5 Å². The molecule has 0 spiro atoms. The molecular weight excluding hydrogens is 318 g/mol. The van der Waals surface area contributed by atoms with E-state index >= 15 is 0 Å². The molecule has 5 nitrogen and oxygen atoms in total. The number of imidazole rings is 1. The van der Waals surface area contributed by atoms with E-state index in [0.717, 1.165) is 42.2 Å². The van der Waals surface area contributed by atoms with Crippen LogP contribution < -0.4 is 4.90 Å². The van der Waals surface area contributed by atoms with Gasteiger partial charge in [0.1, 0.15) is 4.60 Å². The highest BCUT2D eigenvalue weighted by atomic mass is 79.9. The molecule has 3 rings (SSSR count). The molecule has 108 valence electrons. The van der Waals surface area contributed by atoms with Crippen LogP contribution in [0.25, 0.3) is 5.65 Å². The summed E-state index contributed by atoms with van der Waals surface area (Å²) in [5.74, 6) is 0.985. The van der Waals surface area contributed by atoms with Crippen molar-refractivity contribution < 1.29 is 0 Å². The average molecular weight is 338 g/mol. The van der Waals surface area contributed by atoms with Crippen molar-refractivity contribution in [1.82, 2.24) is 19.3 Å². The van der Waals surface area contributed by atoms with Gasteiger partial charge in [0.25, 0.3) is 0 Å². The molecule has 1 aliphatic heterocycles. The molecule has 0 radical (unpaired) electrons. The minimum absolute atomic E-state index is 0.626. The van der Waals surface area contributed by atoms with Crippen molar-refractivity contribution in [3.63, 3.8) is 0 Å². The lowest BCUT2D eigenvalue weighted by Crippen LogP contribution is -2.37. The molecule has 1 fully saturated rings. The molecule has 0 aromatic carbocycles. The molecule has 0 amide bonds. The van der Waals surface area contributed by atoms with Gasteiger partial charge in [-0.3, -0.25) is 4.90 Å². The van der Waals surface area contributed by atoms with Crippen LogP contribution in [0.5, 0.6) is 0 Å². The van der Waals surface area contributed by atoms with E-state index in [2.05, 4.69) is 49.5 Å². The van der Waals surface area contributed by atoms with Crippen molar-refractivity contribution >= 4 is 27.4 Å². The van der Waals surface area contributed by atoms with Crippen LogP contribution in [0, 0.1) is 0 Å². The summed E-state index contributed by atoms with van der Waals surface area (Å²) in [6, 6.07) is 0.626. The molecule has 6 heteroatoms. The molecule has 0 N–H and O–H groups in total. The highest BCUT2D eigenvalue weighted by Crippen LogP contribution is 2.26. The van der Waals surface area contributed by atoms with Gasteiger partial charge in [0, 0.05) is 37.7 Å². The number of hydrogen-bond acceptors (Lipinski definition) is 4. The van der Waals surface area contributed by atoms with E-state index in [4.69, 9.17) is 0 Å². The first-order chi connectivity index (χ1) is 9.72. The summed E-state index contributed by atoms with van der Waals surface area (Å²) in [5, 5.41) is 0. The summed E-state index contributed by atoms with van der Waals surface area (Å²) in [7, 11) is 0. The van der Waals surface area contributed by atoms with E-state index in [1.54, 1.807) is 0 Å². The van der Waals surface area contributed by atoms with E-state index in [1.807, 2.05) is 23.0 Å². The van der Waals surface area contributed by atoms with Gasteiger partial charge in [0.05, 0.1) is 0 Å². The molecule has 2 aromatic rings. The van der Waals surface area contributed by atoms with E-state index < -0.39 is 0 Å². The number of fused-ring (bicyclic) bond motifs is 1. The second-order valence-corrected chi connectivity index (χ2v) is 5.97. The summed E-state index contributed by atoms with van der Waals surface area (Å²) in [6.45, 7) is 8.77. The van der Waals surface area contributed by atoms with Crippen molar-refractivity contribution in [1.29, 1.82) is 0 Å². The Morgan fingerprint density at radius 3 is 2.95 bits per heavy atom. The quantitative estimate of drug-likeness (QED) is 0.858. The molecular formula is C14H20BrN5. The fourth-order valence-corrected chi connectivity index (χ4v) is 3.46. The van der Waals surface area contributed by atoms with Gasteiger partial charge in [-0.05, 0) is 35.4 Å². The van der Waals surface area contributed by atoms with Crippen LogP contribution in [0.2, 0.25) is 0 Å². The normalized spacial score (nSPS) is 19.4. The molecule has 0 aliphatic carbocycles. The number of hydrogen-bond donors (Lipinski definition) is 0. The summed E-state index contributed by atoms with van der Waals surface area (Å²) in [4.78, 5) is 14.0.